The molecule has 0 aliphatic carbocycles. The minimum Gasteiger partial charge on any atom is -0.337 e. The number of nitrogens with one attached hydrogen (secondary N) is 2. The van der Waals surface area contributed by atoms with Gasteiger partial charge in [-0.2, -0.15) is 4.98 Å². The van der Waals surface area contributed by atoms with E-state index in [1.807, 2.05) is 0 Å². The molecule has 0 amide bonds. The molecule has 0 unspecified atom stereocenters. The highest BCUT2D eigenvalue weighted by Crippen LogP contribution is 2.24. The molecule has 7 heteroatoms. The number of rotatable bonds is 2. The van der Waals surface area contributed by atoms with Gasteiger partial charge in [-0.25, -0.2) is 4.39 Å². The number of nitrogens with zero attached hydrogens (tertiary/aromatic N) is 3. The summed E-state index contributed by atoms with van der Waals surface area (Å²) < 4.78 is 13.7. The molecule has 2 N–H and O–H groups in total. The maximum atomic E-state index is 13.2. The van der Waals surface area contributed by atoms with E-state index in [1.165, 1.54) is 6.07 Å². The van der Waals surface area contributed by atoms with E-state index in [0.29, 0.717) is 22.3 Å². The van der Waals surface area contributed by atoms with E-state index < -0.39 is 0 Å². The highest BCUT2D eigenvalue weighted by Gasteiger charge is 2.19. The molecule has 1 fully saturated rings. The molecule has 1 aliphatic heterocycles. The van der Waals surface area contributed by atoms with Gasteiger partial charge in [0.25, 0.3) is 0 Å². The molecule has 1 aromatic carbocycles. The standard InChI is InChI=1S/C13H15BrFN5/c1-8-7-20(5-4-16-8)13-17-12(18-19-13)9-2-3-11(15)10(14)6-9/h2-3,6,8,16H,4-5,7H2,1H3,(H,17,18,19)/t8-/m1/s1. The lowest BCUT2D eigenvalue weighted by molar-refractivity contribution is 0.480. The summed E-state index contributed by atoms with van der Waals surface area (Å²) in [4.78, 5) is 6.64. The Balaban J connectivity index is 1.84. The van der Waals surface area contributed by atoms with Gasteiger partial charge in [0.15, 0.2) is 5.82 Å². The number of H-pyrrole nitrogens is 1. The van der Waals surface area contributed by atoms with Gasteiger partial charge in [0.2, 0.25) is 5.95 Å². The van der Waals surface area contributed by atoms with Crippen molar-refractivity contribution in [2.24, 2.45) is 0 Å². The SMILES string of the molecule is C[C@@H]1CN(c2n[nH]c(-c3ccc(F)c(Br)c3)n2)CCN1. The molecule has 0 bridgehead atoms. The fraction of sp³-hybridized carbons (Fsp3) is 0.385. The lowest BCUT2D eigenvalue weighted by Crippen LogP contribution is -2.49. The molecule has 1 atom stereocenters. The van der Waals surface area contributed by atoms with Crippen LogP contribution in [0.3, 0.4) is 0 Å². The largest absolute Gasteiger partial charge is 0.337 e. The van der Waals surface area contributed by atoms with Crippen molar-refractivity contribution in [2.45, 2.75) is 13.0 Å². The maximum absolute atomic E-state index is 13.2. The third kappa shape index (κ3) is 2.69. The van der Waals surface area contributed by atoms with Crippen molar-refractivity contribution in [1.82, 2.24) is 20.5 Å². The predicted molar refractivity (Wildman–Crippen MR) is 79.2 cm³/mol. The molecule has 0 spiro atoms. The lowest BCUT2D eigenvalue weighted by atomic mass is 10.2. The summed E-state index contributed by atoms with van der Waals surface area (Å²) in [5.74, 6) is 1.05. The normalized spacial score (nSPS) is 19.4. The Morgan fingerprint density at radius 1 is 1.45 bits per heavy atom. The minimum absolute atomic E-state index is 0.288. The zero-order valence-corrected chi connectivity index (χ0v) is 12.6. The Bertz CT molecular complexity index is 615. The van der Waals surface area contributed by atoms with Crippen LogP contribution in [-0.2, 0) is 0 Å². The van der Waals surface area contributed by atoms with Crippen molar-refractivity contribution in [3.8, 4) is 11.4 Å². The molecule has 0 saturated carbocycles. The van der Waals surface area contributed by atoms with E-state index in [4.69, 9.17) is 0 Å². The van der Waals surface area contributed by atoms with Crippen molar-refractivity contribution in [1.29, 1.82) is 0 Å². The summed E-state index contributed by atoms with van der Waals surface area (Å²) in [7, 11) is 0. The van der Waals surface area contributed by atoms with Crippen LogP contribution in [0, 0.1) is 5.82 Å². The van der Waals surface area contributed by atoms with Crippen LogP contribution >= 0.6 is 15.9 Å². The molecule has 1 aromatic heterocycles. The molecule has 20 heavy (non-hydrogen) atoms. The Kier molecular flexibility index (Phi) is 3.71. The summed E-state index contributed by atoms with van der Waals surface area (Å²) in [6.45, 7) is 4.82. The summed E-state index contributed by atoms with van der Waals surface area (Å²) in [5, 5.41) is 10.5. The van der Waals surface area contributed by atoms with Crippen molar-refractivity contribution in [3.63, 3.8) is 0 Å². The second-order valence-electron chi connectivity index (χ2n) is 4.91. The van der Waals surface area contributed by atoms with Gasteiger partial charge in [-0.1, -0.05) is 0 Å². The van der Waals surface area contributed by atoms with Crippen molar-refractivity contribution in [3.05, 3.63) is 28.5 Å². The van der Waals surface area contributed by atoms with Gasteiger partial charge in [0.1, 0.15) is 5.82 Å². The van der Waals surface area contributed by atoms with Crippen LogP contribution in [0.4, 0.5) is 10.3 Å². The molecule has 3 rings (SSSR count). The lowest BCUT2D eigenvalue weighted by Gasteiger charge is -2.30. The predicted octanol–water partition coefficient (Wildman–Crippen LogP) is 2.17. The van der Waals surface area contributed by atoms with Gasteiger partial charge >= 0.3 is 0 Å². The summed E-state index contributed by atoms with van der Waals surface area (Å²) in [6.07, 6.45) is 0. The molecule has 1 saturated heterocycles. The first-order chi connectivity index (χ1) is 9.63. The Hall–Kier alpha value is -1.47. The summed E-state index contributed by atoms with van der Waals surface area (Å²) in [5.41, 5.74) is 0.806. The van der Waals surface area contributed by atoms with E-state index in [2.05, 4.69) is 48.3 Å². The Morgan fingerprint density at radius 2 is 2.30 bits per heavy atom. The van der Waals surface area contributed by atoms with Gasteiger partial charge in [-0.3, -0.25) is 5.10 Å². The van der Waals surface area contributed by atoms with E-state index in [1.54, 1.807) is 12.1 Å². The second-order valence-corrected chi connectivity index (χ2v) is 5.77. The number of piperazine rings is 1. The number of hydrogen-bond acceptors (Lipinski definition) is 4. The molecular weight excluding hydrogens is 325 g/mol. The van der Waals surface area contributed by atoms with Crippen LogP contribution in [0.25, 0.3) is 11.4 Å². The van der Waals surface area contributed by atoms with Crippen molar-refractivity contribution in [2.75, 3.05) is 24.5 Å². The molecule has 1 aliphatic rings. The molecule has 2 heterocycles. The second kappa shape index (κ2) is 5.49. The van der Waals surface area contributed by atoms with E-state index in [9.17, 15) is 4.39 Å². The van der Waals surface area contributed by atoms with Gasteiger partial charge in [-0.05, 0) is 41.1 Å². The highest BCUT2D eigenvalue weighted by atomic mass is 79.9. The van der Waals surface area contributed by atoms with Crippen LogP contribution in [-0.4, -0.2) is 40.9 Å². The average molecular weight is 340 g/mol. The topological polar surface area (TPSA) is 56.8 Å². The van der Waals surface area contributed by atoms with Gasteiger partial charge < -0.3 is 10.2 Å². The highest BCUT2D eigenvalue weighted by molar-refractivity contribution is 9.10. The van der Waals surface area contributed by atoms with Gasteiger partial charge in [0.05, 0.1) is 4.47 Å². The number of benzene rings is 1. The van der Waals surface area contributed by atoms with Crippen molar-refractivity contribution >= 4 is 21.9 Å². The summed E-state index contributed by atoms with van der Waals surface area (Å²) in [6, 6.07) is 5.21. The van der Waals surface area contributed by atoms with Crippen LogP contribution in [0.5, 0.6) is 0 Å². The van der Waals surface area contributed by atoms with Crippen LogP contribution in [0.2, 0.25) is 0 Å². The van der Waals surface area contributed by atoms with Gasteiger partial charge in [0, 0.05) is 31.2 Å². The molecule has 5 nitrogen and oxygen atoms in total. The maximum Gasteiger partial charge on any atom is 0.245 e. The minimum atomic E-state index is -0.288. The van der Waals surface area contributed by atoms with Crippen LogP contribution in [0.1, 0.15) is 6.92 Å². The first kappa shape index (κ1) is 13.5. The molecule has 2 aromatic rings. The summed E-state index contributed by atoms with van der Waals surface area (Å²) >= 11 is 3.18. The number of hydrogen-bond donors (Lipinski definition) is 2. The first-order valence-corrected chi connectivity index (χ1v) is 7.29. The Morgan fingerprint density at radius 3 is 3.05 bits per heavy atom. The number of anilines is 1. The quantitative estimate of drug-likeness (QED) is 0.880. The number of halogens is 2. The smallest absolute Gasteiger partial charge is 0.245 e. The average Bonchev–Trinajstić information content (AvgIpc) is 2.92. The van der Waals surface area contributed by atoms with Crippen LogP contribution < -0.4 is 10.2 Å². The first-order valence-electron chi connectivity index (χ1n) is 6.49. The third-order valence-electron chi connectivity index (χ3n) is 3.32. The van der Waals surface area contributed by atoms with Crippen LogP contribution in [0.15, 0.2) is 22.7 Å². The zero-order chi connectivity index (χ0) is 14.1. The fourth-order valence-electron chi connectivity index (χ4n) is 2.28. The molecule has 0 radical (unpaired) electrons. The number of aromatic nitrogens is 3. The third-order valence-corrected chi connectivity index (χ3v) is 3.93. The Labute approximate surface area is 124 Å². The monoisotopic (exact) mass is 339 g/mol. The van der Waals surface area contributed by atoms with Crippen molar-refractivity contribution < 1.29 is 4.39 Å². The molecule has 106 valence electrons. The fourth-order valence-corrected chi connectivity index (χ4v) is 2.66. The van der Waals surface area contributed by atoms with E-state index in [-0.39, 0.29) is 5.82 Å². The molecular formula is C13H15BrFN5. The van der Waals surface area contributed by atoms with E-state index >= 15 is 0 Å². The van der Waals surface area contributed by atoms with Gasteiger partial charge in [-0.15, -0.1) is 5.10 Å². The zero-order valence-electron chi connectivity index (χ0n) is 11.0. The van der Waals surface area contributed by atoms with E-state index in [0.717, 1.165) is 25.2 Å². The number of aromatic amines is 1.